The first kappa shape index (κ1) is 12.4. The summed E-state index contributed by atoms with van der Waals surface area (Å²) in [6.07, 6.45) is 7.87. The van der Waals surface area contributed by atoms with Gasteiger partial charge in [-0.05, 0) is 31.4 Å². The maximum absolute atomic E-state index is 6.23. The third-order valence-corrected chi connectivity index (χ3v) is 3.94. The largest absolute Gasteiger partial charge is 0.349 e. The third-order valence-electron chi connectivity index (χ3n) is 3.94. The maximum Gasteiger partial charge on any atom is 0.243 e. The molecule has 3 rings (SSSR count). The fourth-order valence-corrected chi connectivity index (χ4v) is 2.78. The second-order valence-electron chi connectivity index (χ2n) is 5.45. The molecular formula is C14H21N5. The van der Waals surface area contributed by atoms with Crippen LogP contribution in [0, 0.1) is 6.92 Å². The first-order valence-corrected chi connectivity index (χ1v) is 7.08. The van der Waals surface area contributed by atoms with Gasteiger partial charge in [0.1, 0.15) is 0 Å². The second-order valence-corrected chi connectivity index (χ2v) is 5.45. The molecule has 2 aromatic heterocycles. The molecule has 19 heavy (non-hydrogen) atoms. The van der Waals surface area contributed by atoms with E-state index in [9.17, 15) is 0 Å². The van der Waals surface area contributed by atoms with Crippen molar-refractivity contribution in [1.29, 1.82) is 0 Å². The van der Waals surface area contributed by atoms with Gasteiger partial charge in [-0.2, -0.15) is 4.98 Å². The molecule has 102 valence electrons. The van der Waals surface area contributed by atoms with Crippen LogP contribution < -0.4 is 11.1 Å². The summed E-state index contributed by atoms with van der Waals surface area (Å²) in [5, 5.41) is 7.89. The molecule has 2 unspecified atom stereocenters. The highest BCUT2D eigenvalue weighted by molar-refractivity contribution is 5.50. The molecule has 0 spiro atoms. The van der Waals surface area contributed by atoms with Crippen LogP contribution in [0.5, 0.6) is 0 Å². The molecule has 0 radical (unpaired) electrons. The van der Waals surface area contributed by atoms with Crippen molar-refractivity contribution in [2.75, 3.05) is 5.32 Å². The molecule has 5 nitrogen and oxygen atoms in total. The molecule has 1 saturated carbocycles. The number of rotatable bonds is 2. The summed E-state index contributed by atoms with van der Waals surface area (Å²) < 4.78 is 1.82. The highest BCUT2D eigenvalue weighted by Gasteiger charge is 2.21. The van der Waals surface area contributed by atoms with Crippen LogP contribution in [0.4, 0.5) is 5.95 Å². The van der Waals surface area contributed by atoms with Crippen molar-refractivity contribution in [3.63, 3.8) is 0 Å². The number of aryl methyl sites for hydroxylation is 1. The monoisotopic (exact) mass is 259 g/mol. The van der Waals surface area contributed by atoms with E-state index in [-0.39, 0.29) is 6.04 Å². The van der Waals surface area contributed by atoms with Crippen LogP contribution in [-0.2, 0) is 0 Å². The lowest BCUT2D eigenvalue weighted by Crippen LogP contribution is -2.39. The predicted molar refractivity (Wildman–Crippen MR) is 76.2 cm³/mol. The molecule has 0 bridgehead atoms. The minimum absolute atomic E-state index is 0.204. The van der Waals surface area contributed by atoms with Crippen molar-refractivity contribution in [2.45, 2.75) is 51.1 Å². The summed E-state index contributed by atoms with van der Waals surface area (Å²) in [6, 6.07) is 4.53. The zero-order valence-electron chi connectivity index (χ0n) is 11.3. The van der Waals surface area contributed by atoms with Gasteiger partial charge in [-0.25, -0.2) is 4.52 Å². The summed E-state index contributed by atoms with van der Waals surface area (Å²) >= 11 is 0. The molecule has 5 heteroatoms. The molecule has 0 saturated heterocycles. The van der Waals surface area contributed by atoms with Crippen LogP contribution >= 0.6 is 0 Å². The van der Waals surface area contributed by atoms with E-state index in [1.54, 1.807) is 0 Å². The van der Waals surface area contributed by atoms with Gasteiger partial charge in [0.25, 0.3) is 0 Å². The van der Waals surface area contributed by atoms with Gasteiger partial charge < -0.3 is 11.1 Å². The minimum atomic E-state index is 0.204. The molecule has 0 aromatic carbocycles. The van der Waals surface area contributed by atoms with Crippen LogP contribution in [0.25, 0.3) is 5.65 Å². The van der Waals surface area contributed by atoms with Gasteiger partial charge in [-0.15, -0.1) is 5.10 Å². The lowest BCUT2D eigenvalue weighted by atomic mass is 10.0. The summed E-state index contributed by atoms with van der Waals surface area (Å²) in [7, 11) is 0. The van der Waals surface area contributed by atoms with Gasteiger partial charge >= 0.3 is 0 Å². The number of hydrogen-bond acceptors (Lipinski definition) is 4. The summed E-state index contributed by atoms with van der Waals surface area (Å²) in [5.41, 5.74) is 8.27. The van der Waals surface area contributed by atoms with Crippen LogP contribution in [0.1, 0.15) is 37.7 Å². The topological polar surface area (TPSA) is 68.2 Å². The van der Waals surface area contributed by atoms with Crippen molar-refractivity contribution in [3.05, 3.63) is 23.9 Å². The van der Waals surface area contributed by atoms with E-state index in [1.807, 2.05) is 29.8 Å². The minimum Gasteiger partial charge on any atom is -0.349 e. The van der Waals surface area contributed by atoms with Gasteiger partial charge in [0.15, 0.2) is 5.65 Å². The van der Waals surface area contributed by atoms with E-state index in [0.717, 1.165) is 24.1 Å². The molecule has 3 N–H and O–H groups in total. The van der Waals surface area contributed by atoms with Crippen LogP contribution in [0.15, 0.2) is 18.3 Å². The molecule has 1 aliphatic carbocycles. The fourth-order valence-electron chi connectivity index (χ4n) is 2.78. The molecule has 2 aromatic rings. The Morgan fingerprint density at radius 1 is 1.32 bits per heavy atom. The molecule has 1 fully saturated rings. The molecule has 1 aliphatic rings. The maximum atomic E-state index is 6.23. The van der Waals surface area contributed by atoms with Crippen molar-refractivity contribution < 1.29 is 0 Å². The van der Waals surface area contributed by atoms with Crippen molar-refractivity contribution in [2.24, 2.45) is 5.73 Å². The highest BCUT2D eigenvalue weighted by atomic mass is 15.3. The average Bonchev–Trinajstić information content (AvgIpc) is 2.70. The quantitative estimate of drug-likeness (QED) is 0.811. The Labute approximate surface area is 113 Å². The SMILES string of the molecule is Cc1cccn2nc(NC3CCCCCC3N)nc12. The van der Waals surface area contributed by atoms with E-state index >= 15 is 0 Å². The number of nitrogens with two attached hydrogens (primary N) is 1. The zero-order valence-corrected chi connectivity index (χ0v) is 11.3. The molecule has 0 amide bonds. The molecule has 2 atom stereocenters. The number of fused-ring (bicyclic) bond motifs is 1. The number of anilines is 1. The first-order valence-electron chi connectivity index (χ1n) is 7.08. The number of pyridine rings is 1. The smallest absolute Gasteiger partial charge is 0.243 e. The van der Waals surface area contributed by atoms with E-state index < -0.39 is 0 Å². The summed E-state index contributed by atoms with van der Waals surface area (Å²) in [4.78, 5) is 4.56. The average molecular weight is 259 g/mol. The van der Waals surface area contributed by atoms with Gasteiger partial charge in [0, 0.05) is 18.3 Å². The second kappa shape index (κ2) is 5.17. The zero-order chi connectivity index (χ0) is 13.2. The van der Waals surface area contributed by atoms with Crippen molar-refractivity contribution >= 4 is 11.6 Å². The normalized spacial score (nSPS) is 24.3. The Hall–Kier alpha value is -1.62. The van der Waals surface area contributed by atoms with E-state index in [4.69, 9.17) is 5.73 Å². The molecule has 0 aliphatic heterocycles. The Balaban J connectivity index is 1.82. The lowest BCUT2D eigenvalue weighted by Gasteiger charge is -2.21. The molecular weight excluding hydrogens is 238 g/mol. The first-order chi connectivity index (χ1) is 9.24. The summed E-state index contributed by atoms with van der Waals surface area (Å²) in [6.45, 7) is 2.05. The van der Waals surface area contributed by atoms with Crippen LogP contribution in [0.2, 0.25) is 0 Å². The van der Waals surface area contributed by atoms with E-state index in [2.05, 4.69) is 15.4 Å². The van der Waals surface area contributed by atoms with Gasteiger partial charge in [0.2, 0.25) is 5.95 Å². The van der Waals surface area contributed by atoms with E-state index in [0.29, 0.717) is 12.0 Å². The lowest BCUT2D eigenvalue weighted by molar-refractivity contribution is 0.525. The third kappa shape index (κ3) is 2.56. The van der Waals surface area contributed by atoms with Crippen molar-refractivity contribution in [1.82, 2.24) is 14.6 Å². The van der Waals surface area contributed by atoms with Gasteiger partial charge in [-0.1, -0.05) is 25.3 Å². The Morgan fingerprint density at radius 2 is 2.16 bits per heavy atom. The number of nitrogens with zero attached hydrogens (tertiary/aromatic N) is 3. The summed E-state index contributed by atoms with van der Waals surface area (Å²) in [5.74, 6) is 0.691. The van der Waals surface area contributed by atoms with Crippen LogP contribution in [0.3, 0.4) is 0 Å². The van der Waals surface area contributed by atoms with Crippen molar-refractivity contribution in [3.8, 4) is 0 Å². The highest BCUT2D eigenvalue weighted by Crippen LogP contribution is 2.20. The Bertz CT molecular complexity index is 562. The Kier molecular flexibility index (Phi) is 3.38. The van der Waals surface area contributed by atoms with Gasteiger partial charge in [-0.3, -0.25) is 0 Å². The van der Waals surface area contributed by atoms with E-state index in [1.165, 1.54) is 19.3 Å². The number of nitrogens with one attached hydrogen (secondary N) is 1. The number of aromatic nitrogens is 3. The standard InChI is InChI=1S/C14H21N5/c1-10-6-5-9-19-13(10)17-14(18-19)16-12-8-4-2-3-7-11(12)15/h5-6,9,11-12H,2-4,7-8,15H2,1H3,(H,16,18). The fraction of sp³-hybridized carbons (Fsp3) is 0.571. The molecule has 2 heterocycles. The van der Waals surface area contributed by atoms with Crippen LogP contribution in [-0.4, -0.2) is 26.7 Å². The number of hydrogen-bond donors (Lipinski definition) is 2. The predicted octanol–water partition coefficient (Wildman–Crippen LogP) is 2.11. The van der Waals surface area contributed by atoms with Gasteiger partial charge in [0.05, 0.1) is 0 Å². The Morgan fingerprint density at radius 3 is 3.00 bits per heavy atom.